The largest absolute Gasteiger partial charge is 0.454 e. The molecule has 0 saturated carbocycles. The fraction of sp³-hybridized carbons (Fsp3) is 0. The van der Waals surface area contributed by atoms with Gasteiger partial charge < -0.3 is 9.72 Å². The van der Waals surface area contributed by atoms with Crippen molar-refractivity contribution in [2.24, 2.45) is 0 Å². The molecule has 0 radical (unpaired) electrons. The van der Waals surface area contributed by atoms with Crippen molar-refractivity contribution in [3.05, 3.63) is 102 Å². The quantitative estimate of drug-likeness (QED) is 0.256. The zero-order chi connectivity index (χ0) is 25.1. The van der Waals surface area contributed by atoms with Gasteiger partial charge in [-0.3, -0.25) is 15.0 Å². The van der Waals surface area contributed by atoms with E-state index in [0.717, 1.165) is 28.1 Å². The first-order valence-corrected chi connectivity index (χ1v) is 11.3. The monoisotopic (exact) mass is 494 g/mol. The summed E-state index contributed by atoms with van der Waals surface area (Å²) in [4.78, 5) is 21.3. The minimum Gasteiger partial charge on any atom is -0.454 e. The molecule has 4 aromatic heterocycles. The molecular weight excluding hydrogens is 478 g/mol. The van der Waals surface area contributed by atoms with E-state index in [0.29, 0.717) is 27.9 Å². The molecule has 0 amide bonds. The Morgan fingerprint density at radius 1 is 1.00 bits per heavy atom. The number of imidazole rings is 1. The number of fused-ring (bicyclic) bond motifs is 4. The lowest BCUT2D eigenvalue weighted by molar-refractivity contribution is 0.103. The number of nitrogens with zero attached hydrogens (tertiary/aromatic N) is 3. The van der Waals surface area contributed by atoms with Crippen LogP contribution in [0.25, 0.3) is 38.7 Å². The second kappa shape index (κ2) is 7.89. The molecule has 0 unspecified atom stereocenters. The predicted octanol–water partition coefficient (Wildman–Crippen LogP) is 5.99. The first-order chi connectivity index (χ1) is 18.1. The first-order valence-electron chi connectivity index (χ1n) is 11.3. The van der Waals surface area contributed by atoms with Gasteiger partial charge in [-0.15, -0.1) is 0 Å². The highest BCUT2D eigenvalue weighted by Crippen LogP contribution is 2.31. The van der Waals surface area contributed by atoms with Gasteiger partial charge in [0.1, 0.15) is 5.75 Å². The SMILES string of the molecule is O=C(c1cc2c(-c3cn[nH]c3)cccc2[nH]1)c1c[nH]n2c1nc1cc(Oc3cccc(F)c3F)ccc12. The zero-order valence-electron chi connectivity index (χ0n) is 18.9. The highest BCUT2D eigenvalue weighted by Gasteiger charge is 2.21. The van der Waals surface area contributed by atoms with Gasteiger partial charge in [-0.2, -0.15) is 9.49 Å². The molecule has 180 valence electrons. The Bertz CT molecular complexity index is 1970. The third-order valence-electron chi connectivity index (χ3n) is 6.31. The highest BCUT2D eigenvalue weighted by molar-refractivity contribution is 6.14. The Labute approximate surface area is 206 Å². The normalized spacial score (nSPS) is 11.6. The Hall–Kier alpha value is -5.25. The number of hydrogen-bond donors (Lipinski definition) is 3. The fourth-order valence-electron chi connectivity index (χ4n) is 4.56. The molecule has 0 spiro atoms. The summed E-state index contributed by atoms with van der Waals surface area (Å²) in [6, 6.07) is 16.3. The lowest BCUT2D eigenvalue weighted by atomic mass is 10.0. The zero-order valence-corrected chi connectivity index (χ0v) is 18.9. The molecule has 0 bridgehead atoms. The number of benzene rings is 3. The lowest BCUT2D eigenvalue weighted by Gasteiger charge is -2.06. The molecule has 0 saturated heterocycles. The lowest BCUT2D eigenvalue weighted by Crippen LogP contribution is -2.01. The maximum atomic E-state index is 14.0. The van der Waals surface area contributed by atoms with Crippen molar-refractivity contribution in [1.29, 1.82) is 0 Å². The van der Waals surface area contributed by atoms with Crippen molar-refractivity contribution < 1.29 is 18.3 Å². The van der Waals surface area contributed by atoms with Crippen molar-refractivity contribution in [1.82, 2.24) is 29.8 Å². The van der Waals surface area contributed by atoms with Crippen LogP contribution in [0.4, 0.5) is 8.78 Å². The average Bonchev–Trinajstić information content (AvgIpc) is 3.69. The molecule has 0 aliphatic carbocycles. The van der Waals surface area contributed by atoms with Gasteiger partial charge in [-0.25, -0.2) is 13.9 Å². The van der Waals surface area contributed by atoms with E-state index in [1.54, 1.807) is 41.3 Å². The minimum atomic E-state index is -1.07. The summed E-state index contributed by atoms with van der Waals surface area (Å²) < 4.78 is 34.8. The standard InChI is InChI=1S/C27H16F2N6O2/c28-19-4-2-6-24(25(19)29)37-15-7-8-23-21(9-15)34-27-18(13-32-35(23)27)26(36)22-10-17-16(14-11-30-31-12-14)3-1-5-20(17)33-22/h1-13,32-33H,(H,30,31). The van der Waals surface area contributed by atoms with Crippen LogP contribution < -0.4 is 4.74 Å². The average molecular weight is 494 g/mol. The number of aromatic nitrogens is 6. The first kappa shape index (κ1) is 21.1. The second-order valence-electron chi connectivity index (χ2n) is 8.53. The number of rotatable bonds is 5. The molecule has 10 heteroatoms. The Morgan fingerprint density at radius 2 is 1.89 bits per heavy atom. The molecule has 3 aromatic carbocycles. The number of H-pyrrole nitrogens is 3. The van der Waals surface area contributed by atoms with Crippen LogP contribution >= 0.6 is 0 Å². The van der Waals surface area contributed by atoms with Crippen molar-refractivity contribution in [2.45, 2.75) is 0 Å². The van der Waals surface area contributed by atoms with E-state index in [1.807, 2.05) is 24.3 Å². The topological polar surface area (TPSA) is 104 Å². The highest BCUT2D eigenvalue weighted by atomic mass is 19.2. The summed E-state index contributed by atoms with van der Waals surface area (Å²) >= 11 is 0. The van der Waals surface area contributed by atoms with E-state index in [4.69, 9.17) is 4.74 Å². The maximum Gasteiger partial charge on any atom is 0.214 e. The van der Waals surface area contributed by atoms with Gasteiger partial charge in [0.2, 0.25) is 11.6 Å². The van der Waals surface area contributed by atoms with Crippen LogP contribution in [0.3, 0.4) is 0 Å². The summed E-state index contributed by atoms with van der Waals surface area (Å²) in [6.07, 6.45) is 5.14. The molecular formula is C27H16F2N6O2. The predicted molar refractivity (Wildman–Crippen MR) is 133 cm³/mol. The molecule has 37 heavy (non-hydrogen) atoms. The van der Waals surface area contributed by atoms with Crippen LogP contribution in [0.5, 0.6) is 11.5 Å². The van der Waals surface area contributed by atoms with Crippen LogP contribution in [0.2, 0.25) is 0 Å². The van der Waals surface area contributed by atoms with Gasteiger partial charge in [0, 0.05) is 34.9 Å². The van der Waals surface area contributed by atoms with E-state index in [9.17, 15) is 13.6 Å². The van der Waals surface area contributed by atoms with E-state index in [2.05, 4.69) is 25.3 Å². The van der Waals surface area contributed by atoms with Gasteiger partial charge in [0.15, 0.2) is 17.2 Å². The summed E-state index contributed by atoms with van der Waals surface area (Å²) in [5, 5.41) is 10.8. The van der Waals surface area contributed by atoms with Crippen molar-refractivity contribution >= 4 is 33.4 Å². The number of carbonyl (C=O) groups is 1. The third-order valence-corrected chi connectivity index (χ3v) is 6.31. The summed E-state index contributed by atoms with van der Waals surface area (Å²) in [5.41, 5.74) is 5.15. The van der Waals surface area contributed by atoms with Crippen molar-refractivity contribution in [3.63, 3.8) is 0 Å². The van der Waals surface area contributed by atoms with E-state index in [1.165, 1.54) is 12.1 Å². The number of ether oxygens (including phenoxy) is 1. The molecule has 8 nitrogen and oxygen atoms in total. The van der Waals surface area contributed by atoms with Gasteiger partial charge in [0.25, 0.3) is 0 Å². The second-order valence-corrected chi connectivity index (χ2v) is 8.53. The molecule has 3 N–H and O–H groups in total. The summed E-state index contributed by atoms with van der Waals surface area (Å²) in [6.45, 7) is 0. The number of hydrogen-bond acceptors (Lipinski definition) is 4. The number of carbonyl (C=O) groups excluding carboxylic acids is 1. The number of nitrogens with one attached hydrogen (secondary N) is 3. The molecule has 0 aliphatic rings. The maximum absolute atomic E-state index is 14.0. The van der Waals surface area contributed by atoms with Gasteiger partial charge in [-0.1, -0.05) is 18.2 Å². The smallest absolute Gasteiger partial charge is 0.214 e. The van der Waals surface area contributed by atoms with Gasteiger partial charge in [0.05, 0.1) is 28.5 Å². The van der Waals surface area contributed by atoms with Gasteiger partial charge >= 0.3 is 0 Å². The minimum absolute atomic E-state index is 0.228. The molecule has 7 rings (SSSR count). The molecule has 7 aromatic rings. The fourth-order valence-corrected chi connectivity index (χ4v) is 4.56. The number of aromatic amines is 3. The van der Waals surface area contributed by atoms with Crippen LogP contribution in [-0.2, 0) is 0 Å². The van der Waals surface area contributed by atoms with Crippen LogP contribution in [0.1, 0.15) is 16.1 Å². The summed E-state index contributed by atoms with van der Waals surface area (Å²) in [5.74, 6) is -2.23. The Kier molecular flexibility index (Phi) is 4.49. The van der Waals surface area contributed by atoms with Crippen molar-refractivity contribution in [2.75, 3.05) is 0 Å². The van der Waals surface area contributed by atoms with E-state index < -0.39 is 11.6 Å². The third kappa shape index (κ3) is 3.30. The van der Waals surface area contributed by atoms with Crippen LogP contribution in [-0.4, -0.2) is 35.6 Å². The Balaban J connectivity index is 1.27. The van der Waals surface area contributed by atoms with E-state index in [-0.39, 0.29) is 17.3 Å². The summed E-state index contributed by atoms with van der Waals surface area (Å²) in [7, 11) is 0. The number of halogens is 2. The van der Waals surface area contributed by atoms with Crippen LogP contribution in [0, 0.1) is 11.6 Å². The number of ketones is 1. The molecule has 0 atom stereocenters. The molecule has 0 fully saturated rings. The molecule has 0 aliphatic heterocycles. The Morgan fingerprint density at radius 3 is 2.76 bits per heavy atom. The molecule has 4 heterocycles. The van der Waals surface area contributed by atoms with Crippen molar-refractivity contribution in [3.8, 4) is 22.6 Å². The van der Waals surface area contributed by atoms with Gasteiger partial charge in [-0.05, 0) is 42.0 Å². The van der Waals surface area contributed by atoms with E-state index >= 15 is 0 Å². The van der Waals surface area contributed by atoms with Crippen LogP contribution in [0.15, 0.2) is 79.3 Å².